The molecule has 39 heavy (non-hydrogen) atoms. The van der Waals surface area contributed by atoms with E-state index < -0.39 is 50.4 Å². The molecule has 0 saturated carbocycles. The number of halogens is 4. The first kappa shape index (κ1) is 27.8. The average Bonchev–Trinajstić information content (AvgIpc) is 2.85. The van der Waals surface area contributed by atoms with Crippen molar-refractivity contribution < 1.29 is 29.0 Å². The minimum absolute atomic E-state index is 0.00686. The molecule has 1 aliphatic heterocycles. The highest BCUT2D eigenvalue weighted by Crippen LogP contribution is 2.41. The van der Waals surface area contributed by atoms with Gasteiger partial charge in [-0.15, -0.1) is 0 Å². The van der Waals surface area contributed by atoms with Crippen molar-refractivity contribution in [1.82, 2.24) is 5.32 Å². The van der Waals surface area contributed by atoms with Crippen molar-refractivity contribution in [2.24, 2.45) is 0 Å². The van der Waals surface area contributed by atoms with Crippen molar-refractivity contribution in [3.8, 4) is 11.5 Å². The average molecular weight is 612 g/mol. The van der Waals surface area contributed by atoms with Crippen LogP contribution in [0.5, 0.6) is 11.5 Å². The number of carbonyl (C=O) groups excluding carboxylic acids is 3. The number of nitrogens with one attached hydrogen (secondary N) is 1. The van der Waals surface area contributed by atoms with Crippen LogP contribution < -0.4 is 15.0 Å². The lowest BCUT2D eigenvalue weighted by Gasteiger charge is -2.26. The van der Waals surface area contributed by atoms with Crippen molar-refractivity contribution in [1.29, 1.82) is 0 Å². The Bertz CT molecular complexity index is 1640. The summed E-state index contributed by atoms with van der Waals surface area (Å²) in [6.07, 6.45) is 1.01. The van der Waals surface area contributed by atoms with Gasteiger partial charge < -0.3 is 4.74 Å². The maximum absolute atomic E-state index is 13.3. The van der Waals surface area contributed by atoms with Gasteiger partial charge in [-0.25, -0.2) is 9.69 Å². The third kappa shape index (κ3) is 5.64. The summed E-state index contributed by atoms with van der Waals surface area (Å²) in [6, 6.07) is 7.99. The molecule has 4 amide bonds. The van der Waals surface area contributed by atoms with E-state index >= 15 is 0 Å². The number of urea groups is 1. The second-order valence-corrected chi connectivity index (χ2v) is 9.29. The lowest BCUT2D eigenvalue weighted by atomic mass is 10.1. The van der Waals surface area contributed by atoms with Crippen LogP contribution in [0.2, 0.25) is 20.1 Å². The molecule has 1 fully saturated rings. The van der Waals surface area contributed by atoms with Gasteiger partial charge >= 0.3 is 11.7 Å². The topological polar surface area (TPSA) is 162 Å². The summed E-state index contributed by atoms with van der Waals surface area (Å²) in [6.45, 7) is 0. The van der Waals surface area contributed by atoms with Crippen LogP contribution in [0.3, 0.4) is 0 Å². The quantitative estimate of drug-likeness (QED) is 0.141. The normalized spacial score (nSPS) is 14.4. The van der Waals surface area contributed by atoms with Crippen LogP contribution >= 0.6 is 46.4 Å². The molecule has 3 aromatic carbocycles. The Kier molecular flexibility index (Phi) is 7.74. The highest BCUT2D eigenvalue weighted by atomic mass is 35.5. The summed E-state index contributed by atoms with van der Waals surface area (Å²) < 4.78 is 5.64. The summed E-state index contributed by atoms with van der Waals surface area (Å²) in [4.78, 5) is 59.9. The highest BCUT2D eigenvalue weighted by Gasteiger charge is 2.37. The van der Waals surface area contributed by atoms with Crippen molar-refractivity contribution >= 4 is 87.4 Å². The number of barbiturate groups is 1. The van der Waals surface area contributed by atoms with Gasteiger partial charge in [0, 0.05) is 16.7 Å². The molecule has 1 N–H and O–H groups in total. The molecule has 3 aromatic rings. The first-order valence-corrected chi connectivity index (χ1v) is 11.8. The molecule has 1 saturated heterocycles. The zero-order valence-corrected chi connectivity index (χ0v) is 21.8. The molecular formula is C23H10Cl4N4O8. The molecule has 0 atom stereocenters. The number of amides is 4. The zero-order valence-electron chi connectivity index (χ0n) is 18.8. The van der Waals surface area contributed by atoms with Crippen molar-refractivity contribution in [3.05, 3.63) is 100.0 Å². The number of imide groups is 2. The summed E-state index contributed by atoms with van der Waals surface area (Å²) in [5, 5.41) is 24.7. The molecule has 1 heterocycles. The zero-order chi connectivity index (χ0) is 28.6. The van der Waals surface area contributed by atoms with Gasteiger partial charge in [0.1, 0.15) is 5.57 Å². The number of ether oxygens (including phenoxy) is 1. The number of benzene rings is 3. The van der Waals surface area contributed by atoms with Crippen LogP contribution in [0.1, 0.15) is 5.56 Å². The van der Waals surface area contributed by atoms with Gasteiger partial charge in [-0.2, -0.15) is 0 Å². The number of nitro groups is 2. The second kappa shape index (κ2) is 10.9. The minimum atomic E-state index is -1.07. The molecule has 0 aromatic heterocycles. The Balaban J connectivity index is 1.82. The number of anilines is 1. The summed E-state index contributed by atoms with van der Waals surface area (Å²) in [7, 11) is 0. The third-order valence-electron chi connectivity index (χ3n) is 5.16. The molecule has 0 radical (unpaired) electrons. The fraction of sp³-hybridized carbons (Fsp3) is 0. The predicted octanol–water partition coefficient (Wildman–Crippen LogP) is 6.58. The van der Waals surface area contributed by atoms with Gasteiger partial charge in [0.2, 0.25) is 5.75 Å². The number of hydrogen-bond donors (Lipinski definition) is 1. The van der Waals surface area contributed by atoms with Crippen LogP contribution in [-0.2, 0) is 9.59 Å². The largest absolute Gasteiger partial charge is 0.448 e. The predicted molar refractivity (Wildman–Crippen MR) is 142 cm³/mol. The Morgan fingerprint density at radius 3 is 2.21 bits per heavy atom. The Morgan fingerprint density at radius 2 is 1.56 bits per heavy atom. The van der Waals surface area contributed by atoms with Gasteiger partial charge in [0.05, 0.1) is 36.7 Å². The SMILES string of the molecule is O=C1NC(=O)N(c2ccc(Cl)c(Cl)c2)C(=O)/C1=C/c1cc(Cl)cc(Cl)c1Oc1ccc([N+](=O)[O-])cc1[N+](=O)[O-]. The van der Waals surface area contributed by atoms with Crippen molar-refractivity contribution in [2.75, 3.05) is 4.90 Å². The maximum atomic E-state index is 13.3. The number of rotatable bonds is 6. The molecule has 0 spiro atoms. The first-order chi connectivity index (χ1) is 18.4. The van der Waals surface area contributed by atoms with E-state index in [9.17, 15) is 34.6 Å². The van der Waals surface area contributed by atoms with Crippen LogP contribution in [0.4, 0.5) is 21.9 Å². The number of hydrogen-bond acceptors (Lipinski definition) is 8. The van der Waals surface area contributed by atoms with E-state index in [-0.39, 0.29) is 37.1 Å². The Hall–Kier alpha value is -4.23. The fourth-order valence-electron chi connectivity index (χ4n) is 3.43. The lowest BCUT2D eigenvalue weighted by Crippen LogP contribution is -2.54. The third-order valence-corrected chi connectivity index (χ3v) is 6.40. The number of carbonyl (C=O) groups is 3. The summed E-state index contributed by atoms with van der Waals surface area (Å²) >= 11 is 24.3. The minimum Gasteiger partial charge on any atom is -0.448 e. The van der Waals surface area contributed by atoms with Gasteiger partial charge in [0.15, 0.2) is 5.75 Å². The number of nitrogens with zero attached hydrogens (tertiary/aromatic N) is 3. The van der Waals surface area contributed by atoms with Crippen LogP contribution in [0, 0.1) is 20.2 Å². The monoisotopic (exact) mass is 610 g/mol. The fourth-order valence-corrected chi connectivity index (χ4v) is 4.27. The van der Waals surface area contributed by atoms with Gasteiger partial charge in [-0.1, -0.05) is 46.4 Å². The Morgan fingerprint density at radius 1 is 0.846 bits per heavy atom. The van der Waals surface area contributed by atoms with Crippen LogP contribution in [0.25, 0.3) is 6.08 Å². The molecule has 0 unspecified atom stereocenters. The molecule has 12 nitrogen and oxygen atoms in total. The smallest absolute Gasteiger partial charge is 0.335 e. The maximum Gasteiger partial charge on any atom is 0.335 e. The van der Waals surface area contributed by atoms with E-state index in [0.29, 0.717) is 11.0 Å². The molecule has 16 heteroatoms. The van der Waals surface area contributed by atoms with E-state index in [1.807, 2.05) is 5.32 Å². The molecule has 1 aliphatic rings. The van der Waals surface area contributed by atoms with E-state index in [2.05, 4.69) is 0 Å². The molecule has 0 aliphatic carbocycles. The van der Waals surface area contributed by atoms with E-state index in [1.54, 1.807) is 0 Å². The number of nitro benzene ring substituents is 2. The molecular weight excluding hydrogens is 602 g/mol. The summed E-state index contributed by atoms with van der Waals surface area (Å²) in [5.74, 6) is -2.82. The Labute approximate surface area is 237 Å². The van der Waals surface area contributed by atoms with Crippen molar-refractivity contribution in [2.45, 2.75) is 0 Å². The summed E-state index contributed by atoms with van der Waals surface area (Å²) in [5.41, 5.74) is -1.94. The van der Waals surface area contributed by atoms with Crippen LogP contribution in [-0.4, -0.2) is 27.7 Å². The number of non-ortho nitro benzene ring substituents is 1. The highest BCUT2D eigenvalue weighted by molar-refractivity contribution is 6.43. The van der Waals surface area contributed by atoms with Crippen molar-refractivity contribution in [3.63, 3.8) is 0 Å². The first-order valence-electron chi connectivity index (χ1n) is 10.3. The van der Waals surface area contributed by atoms with E-state index in [1.165, 1.54) is 30.3 Å². The van der Waals surface area contributed by atoms with Gasteiger partial charge in [-0.05, 0) is 42.5 Å². The van der Waals surface area contributed by atoms with Gasteiger partial charge in [0.25, 0.3) is 17.5 Å². The van der Waals surface area contributed by atoms with E-state index in [0.717, 1.165) is 18.2 Å². The molecule has 4 rings (SSSR count). The van der Waals surface area contributed by atoms with E-state index in [4.69, 9.17) is 51.1 Å². The molecule has 0 bridgehead atoms. The second-order valence-electron chi connectivity index (χ2n) is 7.63. The van der Waals surface area contributed by atoms with Crippen LogP contribution in [0.15, 0.2) is 54.1 Å². The van der Waals surface area contributed by atoms with Gasteiger partial charge in [-0.3, -0.25) is 35.1 Å². The standard InChI is InChI=1S/C23H10Cl4N4O8/c24-11-5-10(20(17(27)7-11)39-19-4-2-13(30(35)36)9-18(19)31(37)38)6-14-21(32)28-23(34)29(22(14)33)12-1-3-15(25)16(26)8-12/h1-9H,(H,28,32,34)/b14-6+. The molecule has 198 valence electrons. The lowest BCUT2D eigenvalue weighted by molar-refractivity contribution is -0.394.